The minimum atomic E-state index is 0.500. The van der Waals surface area contributed by atoms with E-state index in [9.17, 15) is 0 Å². The Morgan fingerprint density at radius 2 is 0.833 bits per heavy atom. The summed E-state index contributed by atoms with van der Waals surface area (Å²) in [4.78, 5) is 0. The minimum Gasteiger partial charge on any atom is -0.0649 e. The van der Waals surface area contributed by atoms with Crippen molar-refractivity contribution < 1.29 is 0 Å². The summed E-state index contributed by atoms with van der Waals surface area (Å²) in [6.07, 6.45) is 2.30. The molecular weight excluding hydrogens is 288 g/mol. The zero-order chi connectivity index (χ0) is 18.6. The molecule has 0 unspecified atom stereocenters. The Hall–Kier alpha value is -1.56. The molecule has 0 aliphatic rings. The van der Waals surface area contributed by atoms with Gasteiger partial charge in [0, 0.05) is 0 Å². The third kappa shape index (κ3) is 16.8. The van der Waals surface area contributed by atoms with Crippen LogP contribution >= 0.6 is 0 Å². The van der Waals surface area contributed by atoms with Crippen LogP contribution in [0.2, 0.25) is 0 Å². The predicted octanol–water partition coefficient (Wildman–Crippen LogP) is 7.77. The maximum Gasteiger partial charge on any atom is -0.00258 e. The van der Waals surface area contributed by atoms with Crippen LogP contribution in [-0.2, 0) is 6.42 Å². The fourth-order valence-corrected chi connectivity index (χ4v) is 1.43. The fourth-order valence-electron chi connectivity index (χ4n) is 1.43. The van der Waals surface area contributed by atoms with Gasteiger partial charge < -0.3 is 0 Å². The van der Waals surface area contributed by atoms with E-state index in [1.54, 1.807) is 0 Å². The Morgan fingerprint density at radius 1 is 0.583 bits per heavy atom. The first kappa shape index (κ1) is 22.4. The molecule has 2 aromatic carbocycles. The van der Waals surface area contributed by atoms with Crippen molar-refractivity contribution in [3.05, 3.63) is 71.8 Å². The van der Waals surface area contributed by atoms with E-state index >= 15 is 0 Å². The Labute approximate surface area is 151 Å². The molecule has 0 saturated heterocycles. The van der Waals surface area contributed by atoms with E-state index in [-0.39, 0.29) is 0 Å². The molecule has 0 amide bonds. The van der Waals surface area contributed by atoms with Crippen molar-refractivity contribution in [2.45, 2.75) is 68.2 Å². The van der Waals surface area contributed by atoms with Gasteiger partial charge in [-0.15, -0.1) is 0 Å². The van der Waals surface area contributed by atoms with Gasteiger partial charge in [0.25, 0.3) is 0 Å². The summed E-state index contributed by atoms with van der Waals surface area (Å²) in [6, 6.07) is 21.1. The van der Waals surface area contributed by atoms with E-state index in [4.69, 9.17) is 0 Å². The number of rotatable bonds is 2. The second kappa shape index (κ2) is 11.1. The largest absolute Gasteiger partial charge is 0.0649 e. The van der Waals surface area contributed by atoms with Crippen molar-refractivity contribution >= 4 is 0 Å². The summed E-state index contributed by atoms with van der Waals surface area (Å²) in [7, 11) is 0. The molecule has 0 bridgehead atoms. The molecule has 0 heteroatoms. The van der Waals surface area contributed by atoms with Gasteiger partial charge in [0.05, 0.1) is 0 Å². The van der Waals surface area contributed by atoms with Crippen LogP contribution in [-0.4, -0.2) is 0 Å². The summed E-state index contributed by atoms with van der Waals surface area (Å²) in [5, 5.41) is 0. The van der Waals surface area contributed by atoms with Crippen molar-refractivity contribution in [3.8, 4) is 0 Å². The Bertz CT molecular complexity index is 466. The van der Waals surface area contributed by atoms with Crippen LogP contribution in [0.5, 0.6) is 0 Å². The average Bonchev–Trinajstić information content (AvgIpc) is 2.48. The van der Waals surface area contributed by atoms with Crippen LogP contribution in [0.15, 0.2) is 60.7 Å². The summed E-state index contributed by atoms with van der Waals surface area (Å²) in [5.41, 5.74) is 3.78. The molecule has 2 rings (SSSR count). The van der Waals surface area contributed by atoms with Crippen LogP contribution in [0.1, 0.15) is 72.9 Å². The maximum absolute atomic E-state index is 2.24. The highest BCUT2D eigenvalue weighted by Gasteiger charge is 2.03. The van der Waals surface area contributed by atoms with Crippen LogP contribution in [0.25, 0.3) is 0 Å². The van der Waals surface area contributed by atoms with Crippen molar-refractivity contribution in [1.29, 1.82) is 0 Å². The monoisotopic (exact) mass is 326 g/mol. The lowest BCUT2D eigenvalue weighted by Gasteiger charge is -2.12. The van der Waals surface area contributed by atoms with Gasteiger partial charge in [-0.2, -0.15) is 0 Å². The number of hydrogen-bond acceptors (Lipinski definition) is 0. The summed E-state index contributed by atoms with van der Waals surface area (Å²) < 4.78 is 0. The van der Waals surface area contributed by atoms with Gasteiger partial charge in [-0.05, 0) is 28.4 Å². The fraction of sp³-hybridized carbons (Fsp3) is 0.500. The SMILES string of the molecule is CC(C)(C)C.CCC(C)(C)C.c1ccc(Cc2ccccc2)cc1. The molecule has 0 aliphatic carbocycles. The van der Waals surface area contributed by atoms with Crippen LogP contribution in [0.4, 0.5) is 0 Å². The molecule has 0 heterocycles. The lowest BCUT2D eigenvalue weighted by atomic mass is 9.94. The zero-order valence-electron chi connectivity index (χ0n) is 17.2. The Morgan fingerprint density at radius 3 is 1.04 bits per heavy atom. The van der Waals surface area contributed by atoms with Crippen LogP contribution in [0, 0.1) is 10.8 Å². The minimum absolute atomic E-state index is 0.500. The first-order valence-corrected chi connectivity index (χ1v) is 9.09. The number of hydrogen-bond donors (Lipinski definition) is 0. The van der Waals surface area contributed by atoms with E-state index in [1.807, 2.05) is 0 Å². The summed E-state index contributed by atoms with van der Waals surface area (Å²) in [5.74, 6) is 0. The maximum atomic E-state index is 2.24. The molecule has 0 N–H and O–H groups in total. The number of benzene rings is 2. The molecule has 0 fully saturated rings. The van der Waals surface area contributed by atoms with Gasteiger partial charge in [0.2, 0.25) is 0 Å². The standard InChI is InChI=1S/C13H12.C6H14.C5H12/c1-3-7-12(8-4-1)11-13-9-5-2-6-10-13;1-5-6(2,3)4;1-5(2,3)4/h1-10H,11H2;5H2,1-4H3;1-4H3. The Balaban J connectivity index is 0.000000405. The van der Waals surface area contributed by atoms with E-state index in [1.165, 1.54) is 17.5 Å². The molecule has 0 radical (unpaired) electrons. The predicted molar refractivity (Wildman–Crippen MR) is 111 cm³/mol. The highest BCUT2D eigenvalue weighted by molar-refractivity contribution is 5.25. The molecule has 0 aromatic heterocycles. The Kier molecular flexibility index (Phi) is 10.4. The molecule has 0 atom stereocenters. The third-order valence-corrected chi connectivity index (χ3v) is 3.15. The zero-order valence-corrected chi connectivity index (χ0v) is 17.2. The lowest BCUT2D eigenvalue weighted by Crippen LogP contribution is -2.00. The van der Waals surface area contributed by atoms with Crippen LogP contribution in [0.3, 0.4) is 0 Å². The molecule has 0 nitrogen and oxygen atoms in total. The molecule has 0 spiro atoms. The lowest BCUT2D eigenvalue weighted by molar-refractivity contribution is 0.398. The molecule has 24 heavy (non-hydrogen) atoms. The van der Waals surface area contributed by atoms with Crippen LogP contribution < -0.4 is 0 Å². The van der Waals surface area contributed by atoms with Crippen molar-refractivity contribution in [3.63, 3.8) is 0 Å². The van der Waals surface area contributed by atoms with Crippen molar-refractivity contribution in [2.24, 2.45) is 10.8 Å². The molecule has 2 aromatic rings. The van der Waals surface area contributed by atoms with Gasteiger partial charge in [-0.1, -0.05) is 122 Å². The molecular formula is C24H38. The van der Waals surface area contributed by atoms with Gasteiger partial charge in [-0.3, -0.25) is 0 Å². The second-order valence-electron chi connectivity index (χ2n) is 9.06. The topological polar surface area (TPSA) is 0 Å². The van der Waals surface area contributed by atoms with E-state index in [2.05, 4.69) is 116 Å². The van der Waals surface area contributed by atoms with E-state index in [0.29, 0.717) is 10.8 Å². The highest BCUT2D eigenvalue weighted by Crippen LogP contribution is 2.16. The van der Waals surface area contributed by atoms with Crippen molar-refractivity contribution in [2.75, 3.05) is 0 Å². The van der Waals surface area contributed by atoms with E-state index < -0.39 is 0 Å². The van der Waals surface area contributed by atoms with Gasteiger partial charge in [-0.25, -0.2) is 0 Å². The molecule has 0 aliphatic heterocycles. The molecule has 134 valence electrons. The van der Waals surface area contributed by atoms with Gasteiger partial charge in [0.15, 0.2) is 0 Å². The van der Waals surface area contributed by atoms with Crippen molar-refractivity contribution in [1.82, 2.24) is 0 Å². The van der Waals surface area contributed by atoms with E-state index in [0.717, 1.165) is 6.42 Å². The third-order valence-electron chi connectivity index (χ3n) is 3.15. The smallest absolute Gasteiger partial charge is 0.00258 e. The summed E-state index contributed by atoms with van der Waals surface area (Å²) >= 11 is 0. The van der Waals surface area contributed by atoms with Gasteiger partial charge >= 0.3 is 0 Å². The van der Waals surface area contributed by atoms with Gasteiger partial charge in [0.1, 0.15) is 0 Å². The normalized spacial score (nSPS) is 10.8. The average molecular weight is 327 g/mol. The molecule has 0 saturated carbocycles. The first-order chi connectivity index (χ1) is 11.0. The summed E-state index contributed by atoms with van der Waals surface area (Å²) in [6.45, 7) is 17.7. The first-order valence-electron chi connectivity index (χ1n) is 9.09. The quantitative estimate of drug-likeness (QED) is 0.528. The second-order valence-corrected chi connectivity index (χ2v) is 9.06. The highest BCUT2D eigenvalue weighted by atomic mass is 14.1.